The molecule has 3 aromatic rings. The maximum atomic E-state index is 13.3. The average Bonchev–Trinajstić information content (AvgIpc) is 3.20. The van der Waals surface area contributed by atoms with Gasteiger partial charge < -0.3 is 9.47 Å². The second-order valence-electron chi connectivity index (χ2n) is 9.42. The molecule has 1 heterocycles. The largest absolute Gasteiger partial charge is 0.497 e. The highest BCUT2D eigenvalue weighted by atomic mass is 16.5. The fraction of sp³-hybridized carbons (Fsp3) is 0.267. The summed E-state index contributed by atoms with van der Waals surface area (Å²) in [5, 5.41) is 0. The number of fused-ring (bicyclic) bond motifs is 1. The average molecular weight is 498 g/mol. The molecule has 1 aliphatic carbocycles. The Morgan fingerprint density at radius 3 is 2.30 bits per heavy atom. The van der Waals surface area contributed by atoms with E-state index in [-0.39, 0.29) is 40.9 Å². The van der Waals surface area contributed by atoms with E-state index in [4.69, 9.17) is 9.47 Å². The quantitative estimate of drug-likeness (QED) is 0.264. The predicted molar refractivity (Wildman–Crippen MR) is 137 cm³/mol. The van der Waals surface area contributed by atoms with Crippen molar-refractivity contribution in [3.63, 3.8) is 0 Å². The molecule has 1 saturated carbocycles. The molecule has 3 atom stereocenters. The Kier molecular flexibility index (Phi) is 6.86. The summed E-state index contributed by atoms with van der Waals surface area (Å²) in [6, 6.07) is 22.9. The van der Waals surface area contributed by atoms with Crippen molar-refractivity contribution in [1.82, 2.24) is 0 Å². The number of hydrogen-bond acceptors (Lipinski definition) is 6. The van der Waals surface area contributed by atoms with Crippen LogP contribution >= 0.6 is 0 Å². The third-order valence-electron chi connectivity index (χ3n) is 7.28. The topological polar surface area (TPSA) is 90.0 Å². The number of benzene rings is 3. The Hall–Kier alpha value is -4.26. The lowest BCUT2D eigenvalue weighted by Gasteiger charge is -2.28. The lowest BCUT2D eigenvalue weighted by molar-refractivity contribution is -0.122. The van der Waals surface area contributed by atoms with Gasteiger partial charge in [0, 0.05) is 5.56 Å². The first-order valence-corrected chi connectivity index (χ1v) is 12.3. The molecule has 1 aliphatic heterocycles. The molecule has 7 nitrogen and oxygen atoms in total. The number of ether oxygens (including phenoxy) is 2. The third kappa shape index (κ3) is 4.89. The minimum Gasteiger partial charge on any atom is -0.497 e. The van der Waals surface area contributed by atoms with Gasteiger partial charge in [-0.1, -0.05) is 42.5 Å². The van der Waals surface area contributed by atoms with Crippen molar-refractivity contribution in [3.8, 4) is 5.75 Å². The van der Waals surface area contributed by atoms with Gasteiger partial charge in [0.2, 0.25) is 11.8 Å². The first-order chi connectivity index (χ1) is 18.0. The lowest BCUT2D eigenvalue weighted by Crippen LogP contribution is -2.30. The molecule has 0 N–H and O–H groups in total. The minimum absolute atomic E-state index is 0.180. The van der Waals surface area contributed by atoms with Crippen molar-refractivity contribution >= 4 is 29.3 Å². The van der Waals surface area contributed by atoms with Crippen LogP contribution < -0.4 is 9.64 Å². The SMILES string of the molecule is COc1cccc(C(=O)COC(=O)c2ccc(N3C(=O)[C@H]4C[C@H](c5ccccc5)CC[C@H]4C3=O)cc2)c1. The summed E-state index contributed by atoms with van der Waals surface area (Å²) >= 11 is 0. The van der Waals surface area contributed by atoms with E-state index in [0.717, 1.165) is 6.42 Å². The number of imide groups is 1. The van der Waals surface area contributed by atoms with Crippen molar-refractivity contribution in [2.24, 2.45) is 11.8 Å². The number of methoxy groups -OCH3 is 1. The molecule has 2 fully saturated rings. The zero-order chi connectivity index (χ0) is 25.9. The number of anilines is 1. The lowest BCUT2D eigenvalue weighted by atomic mass is 9.73. The van der Waals surface area contributed by atoms with E-state index in [9.17, 15) is 19.2 Å². The summed E-state index contributed by atoms with van der Waals surface area (Å²) in [6.07, 6.45) is 2.20. The smallest absolute Gasteiger partial charge is 0.338 e. The molecule has 3 aromatic carbocycles. The molecule has 7 heteroatoms. The Morgan fingerprint density at radius 1 is 0.838 bits per heavy atom. The van der Waals surface area contributed by atoms with Crippen LogP contribution in [0.2, 0.25) is 0 Å². The van der Waals surface area contributed by atoms with Crippen LogP contribution in [0.4, 0.5) is 5.69 Å². The molecule has 0 unspecified atom stereocenters. The number of carbonyl (C=O) groups excluding carboxylic acids is 4. The summed E-state index contributed by atoms with van der Waals surface area (Å²) in [4.78, 5) is 52.5. The standard InChI is InChI=1S/C30H27NO6/c1-36-24-9-5-8-22(16-24)27(32)18-37-30(35)20-10-13-23(14-11-20)31-28(33)25-15-12-21(17-26(25)29(31)34)19-6-3-2-4-7-19/h2-11,13-14,16,21,25-26H,12,15,17-18H2,1H3/t21-,25-,26+/m1/s1. The van der Waals surface area contributed by atoms with Crippen molar-refractivity contribution < 1.29 is 28.7 Å². The van der Waals surface area contributed by atoms with Crippen molar-refractivity contribution in [2.75, 3.05) is 18.6 Å². The van der Waals surface area contributed by atoms with Crippen LogP contribution in [0, 0.1) is 11.8 Å². The normalized spacial score (nSPS) is 20.9. The molecule has 2 aliphatic rings. The van der Waals surface area contributed by atoms with E-state index >= 15 is 0 Å². The molecule has 2 amide bonds. The van der Waals surface area contributed by atoms with Gasteiger partial charge in [0.1, 0.15) is 5.75 Å². The molecule has 0 spiro atoms. The first-order valence-electron chi connectivity index (χ1n) is 12.3. The van der Waals surface area contributed by atoms with Crippen LogP contribution in [-0.2, 0) is 14.3 Å². The zero-order valence-electron chi connectivity index (χ0n) is 20.5. The first kappa shape index (κ1) is 24.4. The second kappa shape index (κ2) is 10.4. The Bertz CT molecular complexity index is 1330. The number of nitrogens with zero attached hydrogens (tertiary/aromatic N) is 1. The van der Waals surface area contributed by atoms with Crippen molar-refractivity contribution in [1.29, 1.82) is 0 Å². The van der Waals surface area contributed by atoms with Crippen LogP contribution in [0.15, 0.2) is 78.9 Å². The van der Waals surface area contributed by atoms with E-state index in [0.29, 0.717) is 29.8 Å². The van der Waals surface area contributed by atoms with E-state index in [1.165, 1.54) is 29.7 Å². The fourth-order valence-corrected chi connectivity index (χ4v) is 5.30. The van der Waals surface area contributed by atoms with Gasteiger partial charge in [0.25, 0.3) is 0 Å². The van der Waals surface area contributed by atoms with Crippen LogP contribution in [0.1, 0.15) is 51.5 Å². The second-order valence-corrected chi connectivity index (χ2v) is 9.42. The molecular formula is C30H27NO6. The summed E-state index contributed by atoms with van der Waals surface area (Å²) < 4.78 is 10.3. The van der Waals surface area contributed by atoms with Crippen LogP contribution in [0.3, 0.4) is 0 Å². The van der Waals surface area contributed by atoms with Crippen molar-refractivity contribution in [3.05, 3.63) is 95.6 Å². The van der Waals surface area contributed by atoms with Crippen LogP contribution in [0.5, 0.6) is 5.75 Å². The fourth-order valence-electron chi connectivity index (χ4n) is 5.30. The van der Waals surface area contributed by atoms with Gasteiger partial charge in [0.15, 0.2) is 12.4 Å². The molecule has 5 rings (SSSR count). The number of rotatable bonds is 7. The number of Topliss-reactive ketones (excluding diaryl/α,β-unsaturated/α-hetero) is 1. The molecule has 1 saturated heterocycles. The van der Waals surface area contributed by atoms with Gasteiger partial charge >= 0.3 is 5.97 Å². The molecule has 188 valence electrons. The molecule has 0 bridgehead atoms. The summed E-state index contributed by atoms with van der Waals surface area (Å²) in [5.74, 6) is -1.23. The van der Waals surface area contributed by atoms with E-state index in [1.54, 1.807) is 36.4 Å². The molecular weight excluding hydrogens is 470 g/mol. The number of ketones is 1. The van der Waals surface area contributed by atoms with Crippen molar-refractivity contribution in [2.45, 2.75) is 25.2 Å². The van der Waals surface area contributed by atoms with Crippen LogP contribution in [0.25, 0.3) is 0 Å². The number of carbonyl (C=O) groups is 4. The summed E-state index contributed by atoms with van der Waals surface area (Å²) in [6.45, 7) is -0.414. The maximum Gasteiger partial charge on any atom is 0.338 e. The van der Waals surface area contributed by atoms with Gasteiger partial charge in [-0.3, -0.25) is 19.3 Å². The van der Waals surface area contributed by atoms with Gasteiger partial charge in [-0.2, -0.15) is 0 Å². The van der Waals surface area contributed by atoms with Gasteiger partial charge in [-0.05, 0) is 67.1 Å². The highest BCUT2D eigenvalue weighted by Crippen LogP contribution is 2.45. The third-order valence-corrected chi connectivity index (χ3v) is 7.28. The Morgan fingerprint density at radius 2 is 1.57 bits per heavy atom. The Balaban J connectivity index is 1.23. The molecule has 0 aromatic heterocycles. The molecule has 37 heavy (non-hydrogen) atoms. The van der Waals surface area contributed by atoms with Gasteiger partial charge in [-0.15, -0.1) is 0 Å². The number of esters is 1. The van der Waals surface area contributed by atoms with Gasteiger partial charge in [0.05, 0.1) is 30.2 Å². The Labute approximate surface area is 215 Å². The molecule has 0 radical (unpaired) electrons. The van der Waals surface area contributed by atoms with Crippen LogP contribution in [-0.4, -0.2) is 37.3 Å². The predicted octanol–water partition coefficient (Wildman–Crippen LogP) is 4.81. The highest BCUT2D eigenvalue weighted by molar-refractivity contribution is 6.22. The summed E-state index contributed by atoms with van der Waals surface area (Å²) in [5.41, 5.74) is 2.24. The maximum absolute atomic E-state index is 13.3. The monoisotopic (exact) mass is 497 g/mol. The van der Waals surface area contributed by atoms with E-state index < -0.39 is 12.6 Å². The van der Waals surface area contributed by atoms with Gasteiger partial charge in [-0.25, -0.2) is 4.79 Å². The number of hydrogen-bond donors (Lipinski definition) is 0. The highest BCUT2D eigenvalue weighted by Gasteiger charge is 2.50. The number of amides is 2. The summed E-state index contributed by atoms with van der Waals surface area (Å²) in [7, 11) is 1.51. The van der Waals surface area contributed by atoms with E-state index in [1.807, 2.05) is 18.2 Å². The zero-order valence-corrected chi connectivity index (χ0v) is 20.5. The van der Waals surface area contributed by atoms with E-state index in [2.05, 4.69) is 12.1 Å². The minimum atomic E-state index is -0.666.